The molecule has 1 atom stereocenters. The molecule has 0 radical (unpaired) electrons. The van der Waals surface area contributed by atoms with Gasteiger partial charge in [-0.05, 0) is 30.5 Å². The fourth-order valence-electron chi connectivity index (χ4n) is 3.31. The molecule has 0 heterocycles. The highest BCUT2D eigenvalue weighted by molar-refractivity contribution is 5.94. The first-order valence-electron chi connectivity index (χ1n) is 9.82. The van der Waals surface area contributed by atoms with E-state index in [1.54, 1.807) is 24.3 Å². The number of amides is 2. The van der Waals surface area contributed by atoms with Crippen molar-refractivity contribution in [3.05, 3.63) is 71.8 Å². The van der Waals surface area contributed by atoms with Gasteiger partial charge in [0.2, 0.25) is 5.91 Å². The number of aliphatic carboxylic acids is 1. The molecule has 0 spiro atoms. The molecule has 0 fully saturated rings. The molecule has 0 bridgehead atoms. The summed E-state index contributed by atoms with van der Waals surface area (Å²) in [5.41, 5.74) is 0.521. The van der Waals surface area contributed by atoms with E-state index in [0.717, 1.165) is 5.56 Å². The second kappa shape index (κ2) is 10.4. The van der Waals surface area contributed by atoms with E-state index in [1.807, 2.05) is 50.2 Å². The Morgan fingerprint density at radius 3 is 2.00 bits per heavy atom. The van der Waals surface area contributed by atoms with Crippen LogP contribution in [-0.4, -0.2) is 28.4 Å². The van der Waals surface area contributed by atoms with E-state index in [0.29, 0.717) is 18.4 Å². The summed E-state index contributed by atoms with van der Waals surface area (Å²) in [5.74, 6) is -1.52. The van der Waals surface area contributed by atoms with Crippen LogP contribution in [0.25, 0.3) is 0 Å². The van der Waals surface area contributed by atoms with Crippen LogP contribution in [0, 0.1) is 0 Å². The third-order valence-electron chi connectivity index (χ3n) is 5.18. The summed E-state index contributed by atoms with van der Waals surface area (Å²) < 4.78 is 0. The van der Waals surface area contributed by atoms with Crippen LogP contribution in [0.15, 0.2) is 60.7 Å². The van der Waals surface area contributed by atoms with Gasteiger partial charge in [0.1, 0.15) is 0 Å². The van der Waals surface area contributed by atoms with Crippen LogP contribution in [0.1, 0.15) is 61.5 Å². The van der Waals surface area contributed by atoms with Crippen LogP contribution in [-0.2, 0) is 9.59 Å². The largest absolute Gasteiger partial charge is 0.481 e. The SMILES string of the molecule is CCC(CC)(CC(=O)O)NC(=O)CC(NC(=O)c1ccccc1)c1ccccc1. The Balaban J connectivity index is 2.18. The Labute approximate surface area is 171 Å². The normalized spacial score (nSPS) is 12.1. The second-order valence-electron chi connectivity index (χ2n) is 7.11. The number of carboxylic acids is 1. The molecule has 0 aliphatic rings. The van der Waals surface area contributed by atoms with Crippen molar-refractivity contribution in [2.45, 2.75) is 51.1 Å². The maximum atomic E-state index is 12.8. The van der Waals surface area contributed by atoms with Crippen molar-refractivity contribution >= 4 is 17.8 Å². The summed E-state index contributed by atoms with van der Waals surface area (Å²) in [7, 11) is 0. The molecule has 2 amide bonds. The number of nitrogens with one attached hydrogen (secondary N) is 2. The number of benzene rings is 2. The molecule has 1 unspecified atom stereocenters. The topological polar surface area (TPSA) is 95.5 Å². The lowest BCUT2D eigenvalue weighted by molar-refractivity contribution is -0.139. The highest BCUT2D eigenvalue weighted by Crippen LogP contribution is 2.22. The third-order valence-corrected chi connectivity index (χ3v) is 5.18. The van der Waals surface area contributed by atoms with Crippen molar-refractivity contribution < 1.29 is 19.5 Å². The monoisotopic (exact) mass is 396 g/mol. The highest BCUT2D eigenvalue weighted by Gasteiger charge is 2.32. The molecule has 6 heteroatoms. The standard InChI is InChI=1S/C23H28N2O4/c1-3-23(4-2,16-21(27)28)25-20(26)15-19(17-11-7-5-8-12-17)24-22(29)18-13-9-6-10-14-18/h5-14,19H,3-4,15-16H2,1-2H3,(H,24,29)(H,25,26)(H,27,28). The van der Waals surface area contributed by atoms with Crippen LogP contribution >= 0.6 is 0 Å². The lowest BCUT2D eigenvalue weighted by atomic mass is 9.88. The van der Waals surface area contributed by atoms with Gasteiger partial charge < -0.3 is 15.7 Å². The summed E-state index contributed by atoms with van der Waals surface area (Å²) >= 11 is 0. The molecule has 29 heavy (non-hydrogen) atoms. The summed E-state index contributed by atoms with van der Waals surface area (Å²) in [6.07, 6.45) is 0.893. The predicted molar refractivity (Wildman–Crippen MR) is 111 cm³/mol. The van der Waals surface area contributed by atoms with E-state index < -0.39 is 17.6 Å². The molecular formula is C23H28N2O4. The Hall–Kier alpha value is -3.15. The molecule has 154 valence electrons. The molecular weight excluding hydrogens is 368 g/mol. The van der Waals surface area contributed by atoms with Gasteiger partial charge in [-0.3, -0.25) is 14.4 Å². The number of carbonyl (C=O) groups excluding carboxylic acids is 2. The van der Waals surface area contributed by atoms with Crippen molar-refractivity contribution in [1.29, 1.82) is 0 Å². The van der Waals surface area contributed by atoms with Crippen molar-refractivity contribution in [2.75, 3.05) is 0 Å². The van der Waals surface area contributed by atoms with Gasteiger partial charge in [-0.25, -0.2) is 0 Å². The van der Waals surface area contributed by atoms with Gasteiger partial charge in [-0.2, -0.15) is 0 Å². The zero-order chi connectivity index (χ0) is 21.3. The van der Waals surface area contributed by atoms with Gasteiger partial charge in [0.15, 0.2) is 0 Å². The fourth-order valence-corrected chi connectivity index (χ4v) is 3.31. The Morgan fingerprint density at radius 1 is 0.931 bits per heavy atom. The van der Waals surface area contributed by atoms with Crippen molar-refractivity contribution in [3.63, 3.8) is 0 Å². The number of carbonyl (C=O) groups is 3. The van der Waals surface area contributed by atoms with Gasteiger partial charge in [0, 0.05) is 11.1 Å². The average Bonchev–Trinajstić information content (AvgIpc) is 2.73. The molecule has 3 N–H and O–H groups in total. The summed E-state index contributed by atoms with van der Waals surface area (Å²) in [4.78, 5) is 36.7. The summed E-state index contributed by atoms with van der Waals surface area (Å²) in [6.45, 7) is 3.72. The zero-order valence-corrected chi connectivity index (χ0v) is 16.9. The minimum Gasteiger partial charge on any atom is -0.481 e. The van der Waals surface area contributed by atoms with E-state index in [-0.39, 0.29) is 24.7 Å². The Kier molecular flexibility index (Phi) is 7.95. The lowest BCUT2D eigenvalue weighted by Gasteiger charge is -2.32. The lowest BCUT2D eigenvalue weighted by Crippen LogP contribution is -2.50. The molecule has 0 aliphatic carbocycles. The summed E-state index contributed by atoms with van der Waals surface area (Å²) in [6, 6.07) is 17.6. The first-order valence-corrected chi connectivity index (χ1v) is 9.82. The molecule has 0 aliphatic heterocycles. The zero-order valence-electron chi connectivity index (χ0n) is 16.9. The highest BCUT2D eigenvalue weighted by atomic mass is 16.4. The van der Waals surface area contributed by atoms with Crippen molar-refractivity contribution in [1.82, 2.24) is 10.6 Å². The number of hydrogen-bond acceptors (Lipinski definition) is 3. The predicted octanol–water partition coefficient (Wildman–Crippen LogP) is 3.70. The van der Waals surface area contributed by atoms with E-state index in [9.17, 15) is 19.5 Å². The molecule has 2 rings (SSSR count). The van der Waals surface area contributed by atoms with Crippen LogP contribution in [0.5, 0.6) is 0 Å². The van der Waals surface area contributed by atoms with Gasteiger partial charge in [-0.1, -0.05) is 62.4 Å². The molecule has 6 nitrogen and oxygen atoms in total. The molecule has 0 saturated heterocycles. The van der Waals surface area contributed by atoms with Crippen LogP contribution < -0.4 is 10.6 Å². The molecule has 2 aromatic carbocycles. The van der Waals surface area contributed by atoms with E-state index >= 15 is 0 Å². The second-order valence-corrected chi connectivity index (χ2v) is 7.11. The molecule has 0 saturated carbocycles. The first-order chi connectivity index (χ1) is 13.9. The molecule has 2 aromatic rings. The van der Waals surface area contributed by atoms with Crippen LogP contribution in [0.4, 0.5) is 0 Å². The number of carboxylic acid groups (broad SMARTS) is 1. The van der Waals surface area contributed by atoms with Crippen molar-refractivity contribution in [2.24, 2.45) is 0 Å². The van der Waals surface area contributed by atoms with Gasteiger partial charge in [0.25, 0.3) is 5.91 Å². The Bertz CT molecular complexity index is 817. The quantitative estimate of drug-likeness (QED) is 0.571. The average molecular weight is 396 g/mol. The third kappa shape index (κ3) is 6.45. The Morgan fingerprint density at radius 2 is 1.48 bits per heavy atom. The van der Waals surface area contributed by atoms with Gasteiger partial charge in [-0.15, -0.1) is 0 Å². The number of hydrogen-bond donors (Lipinski definition) is 3. The van der Waals surface area contributed by atoms with Crippen LogP contribution in [0.2, 0.25) is 0 Å². The van der Waals surface area contributed by atoms with E-state index in [4.69, 9.17) is 0 Å². The number of rotatable bonds is 10. The maximum absolute atomic E-state index is 12.8. The van der Waals surface area contributed by atoms with Gasteiger partial charge in [0.05, 0.1) is 18.9 Å². The fraction of sp³-hybridized carbons (Fsp3) is 0.348. The smallest absolute Gasteiger partial charge is 0.305 e. The maximum Gasteiger partial charge on any atom is 0.305 e. The summed E-state index contributed by atoms with van der Waals surface area (Å²) in [5, 5.41) is 15.1. The van der Waals surface area contributed by atoms with E-state index in [1.165, 1.54) is 0 Å². The van der Waals surface area contributed by atoms with E-state index in [2.05, 4.69) is 10.6 Å². The van der Waals surface area contributed by atoms with Gasteiger partial charge >= 0.3 is 5.97 Å². The first kappa shape index (κ1) is 22.1. The minimum absolute atomic E-state index is 0.0178. The van der Waals surface area contributed by atoms with Crippen molar-refractivity contribution in [3.8, 4) is 0 Å². The van der Waals surface area contributed by atoms with Crippen LogP contribution in [0.3, 0.4) is 0 Å². The molecule has 0 aromatic heterocycles. The minimum atomic E-state index is -0.953.